The Bertz CT molecular complexity index is 363. The van der Waals surface area contributed by atoms with Crippen molar-refractivity contribution in [3.05, 3.63) is 34.3 Å². The van der Waals surface area contributed by atoms with E-state index in [1.807, 2.05) is 24.3 Å². The first-order valence-electron chi connectivity index (χ1n) is 4.36. The Morgan fingerprint density at radius 3 is 2.38 bits per heavy atom. The van der Waals surface area contributed by atoms with Gasteiger partial charge in [0, 0.05) is 4.47 Å². The van der Waals surface area contributed by atoms with E-state index in [0.29, 0.717) is 5.92 Å². The predicted octanol–water partition coefficient (Wildman–Crippen LogP) is 3.25. The summed E-state index contributed by atoms with van der Waals surface area (Å²) in [5.41, 5.74) is 0.978. The normalized spacial score (nSPS) is 31.0. The summed E-state index contributed by atoms with van der Waals surface area (Å²) in [7, 11) is 0. The summed E-state index contributed by atoms with van der Waals surface area (Å²) in [4.78, 5) is 0. The average Bonchev–Trinajstić information content (AvgIpc) is 2.79. The van der Waals surface area contributed by atoms with E-state index in [9.17, 15) is 0 Å². The maximum Gasteiger partial charge on any atom is 0.0851 e. The molecule has 1 aliphatic rings. The first kappa shape index (κ1) is 8.77. The molecule has 0 radical (unpaired) electrons. The third-order valence-corrected chi connectivity index (χ3v) is 3.40. The molecule has 0 amide bonds. The summed E-state index contributed by atoms with van der Waals surface area (Å²) in [6, 6.07) is 10.5. The van der Waals surface area contributed by atoms with Crippen LogP contribution >= 0.6 is 15.9 Å². The van der Waals surface area contributed by atoms with E-state index in [-0.39, 0.29) is 5.41 Å². The van der Waals surface area contributed by atoms with Gasteiger partial charge in [-0.15, -0.1) is 0 Å². The van der Waals surface area contributed by atoms with E-state index in [1.165, 1.54) is 0 Å². The number of nitrogens with zero attached hydrogens (tertiary/aromatic N) is 1. The fourth-order valence-corrected chi connectivity index (χ4v) is 2.06. The highest BCUT2D eigenvalue weighted by Gasteiger charge is 2.53. The van der Waals surface area contributed by atoms with Gasteiger partial charge < -0.3 is 0 Å². The Morgan fingerprint density at radius 2 is 2.00 bits per heavy atom. The minimum Gasteiger partial charge on any atom is -0.197 e. The smallest absolute Gasteiger partial charge is 0.0851 e. The molecule has 66 valence electrons. The highest BCUT2D eigenvalue weighted by molar-refractivity contribution is 9.10. The molecule has 1 aliphatic carbocycles. The molecule has 0 N–H and O–H groups in total. The molecule has 2 heteroatoms. The number of rotatable bonds is 1. The van der Waals surface area contributed by atoms with Gasteiger partial charge in [-0.05, 0) is 30.0 Å². The molecule has 0 bridgehead atoms. The van der Waals surface area contributed by atoms with Gasteiger partial charge in [0.05, 0.1) is 11.5 Å². The van der Waals surface area contributed by atoms with E-state index in [1.54, 1.807) is 0 Å². The predicted molar refractivity (Wildman–Crippen MR) is 55.2 cm³/mol. The molecule has 1 fully saturated rings. The van der Waals surface area contributed by atoms with Gasteiger partial charge in [0.1, 0.15) is 0 Å². The Hall–Kier alpha value is -0.810. The van der Waals surface area contributed by atoms with Crippen LogP contribution in [0, 0.1) is 17.2 Å². The van der Waals surface area contributed by atoms with Gasteiger partial charge in [-0.3, -0.25) is 0 Å². The van der Waals surface area contributed by atoms with Crippen LogP contribution in [0.25, 0.3) is 0 Å². The topological polar surface area (TPSA) is 23.8 Å². The molecule has 2 atom stereocenters. The van der Waals surface area contributed by atoms with Crippen LogP contribution in [0.1, 0.15) is 18.9 Å². The molecule has 0 aromatic heterocycles. The fraction of sp³-hybridized carbons (Fsp3) is 0.364. The molecule has 0 spiro atoms. The van der Waals surface area contributed by atoms with Crippen LogP contribution in [0.5, 0.6) is 0 Å². The Balaban J connectivity index is 2.38. The summed E-state index contributed by atoms with van der Waals surface area (Å²) in [6.07, 6.45) is 1.01. The van der Waals surface area contributed by atoms with E-state index in [2.05, 4.69) is 28.9 Å². The molecule has 1 saturated carbocycles. The summed E-state index contributed by atoms with van der Waals surface area (Å²) >= 11 is 3.39. The van der Waals surface area contributed by atoms with Crippen molar-refractivity contribution in [1.29, 1.82) is 5.26 Å². The van der Waals surface area contributed by atoms with Crippen LogP contribution in [-0.2, 0) is 5.41 Å². The lowest BCUT2D eigenvalue weighted by Gasteiger charge is -2.06. The third kappa shape index (κ3) is 1.28. The Kier molecular flexibility index (Phi) is 1.92. The second-order valence-electron chi connectivity index (χ2n) is 3.70. The van der Waals surface area contributed by atoms with Crippen LogP contribution in [0.15, 0.2) is 28.7 Å². The van der Waals surface area contributed by atoms with Gasteiger partial charge in [-0.1, -0.05) is 35.0 Å². The monoisotopic (exact) mass is 235 g/mol. The molecule has 1 nitrogen and oxygen atoms in total. The number of benzene rings is 1. The summed E-state index contributed by atoms with van der Waals surface area (Å²) in [5, 5.41) is 9.09. The lowest BCUT2D eigenvalue weighted by Crippen LogP contribution is -2.04. The van der Waals surface area contributed by atoms with Crippen LogP contribution < -0.4 is 0 Å². The minimum absolute atomic E-state index is 0.180. The van der Waals surface area contributed by atoms with Crippen molar-refractivity contribution in [2.24, 2.45) is 5.92 Å². The van der Waals surface area contributed by atoms with Crippen molar-refractivity contribution in [3.8, 4) is 6.07 Å². The molecule has 0 unspecified atom stereocenters. The summed E-state index contributed by atoms with van der Waals surface area (Å²) in [6.45, 7) is 2.13. The zero-order valence-corrected chi connectivity index (χ0v) is 9.01. The van der Waals surface area contributed by atoms with Crippen molar-refractivity contribution in [3.63, 3.8) is 0 Å². The number of hydrogen-bond donors (Lipinski definition) is 0. The van der Waals surface area contributed by atoms with Gasteiger partial charge in [0.2, 0.25) is 0 Å². The molecular weight excluding hydrogens is 226 g/mol. The van der Waals surface area contributed by atoms with Crippen LogP contribution in [0.3, 0.4) is 0 Å². The molecule has 0 heterocycles. The number of nitriles is 1. The minimum atomic E-state index is -0.180. The first-order valence-corrected chi connectivity index (χ1v) is 5.15. The van der Waals surface area contributed by atoms with Gasteiger partial charge in [0.25, 0.3) is 0 Å². The maximum atomic E-state index is 9.09. The summed E-state index contributed by atoms with van der Waals surface area (Å²) < 4.78 is 1.07. The quantitative estimate of drug-likeness (QED) is 0.734. The van der Waals surface area contributed by atoms with E-state index >= 15 is 0 Å². The van der Waals surface area contributed by atoms with Crippen molar-refractivity contribution in [2.45, 2.75) is 18.8 Å². The molecule has 13 heavy (non-hydrogen) atoms. The highest BCUT2D eigenvalue weighted by Crippen LogP contribution is 2.53. The van der Waals surface area contributed by atoms with Gasteiger partial charge >= 0.3 is 0 Å². The second kappa shape index (κ2) is 2.85. The van der Waals surface area contributed by atoms with Crippen molar-refractivity contribution < 1.29 is 0 Å². The molecule has 0 aliphatic heterocycles. The number of hydrogen-bond acceptors (Lipinski definition) is 1. The first-order chi connectivity index (χ1) is 6.19. The van der Waals surface area contributed by atoms with Crippen LogP contribution in [-0.4, -0.2) is 0 Å². The molecule has 1 aromatic carbocycles. The summed E-state index contributed by atoms with van der Waals surface area (Å²) in [5.74, 6) is 0.513. The lowest BCUT2D eigenvalue weighted by atomic mass is 9.95. The third-order valence-electron chi connectivity index (χ3n) is 2.87. The van der Waals surface area contributed by atoms with E-state index < -0.39 is 0 Å². The van der Waals surface area contributed by atoms with Crippen LogP contribution in [0.2, 0.25) is 0 Å². The molecule has 2 rings (SSSR count). The molecule has 1 aromatic rings. The SMILES string of the molecule is C[C@H]1C[C@]1(C#N)c1ccc(Br)cc1. The largest absolute Gasteiger partial charge is 0.197 e. The van der Waals surface area contributed by atoms with Crippen LogP contribution in [0.4, 0.5) is 0 Å². The van der Waals surface area contributed by atoms with Crippen molar-refractivity contribution in [2.75, 3.05) is 0 Å². The van der Waals surface area contributed by atoms with Gasteiger partial charge in [-0.25, -0.2) is 0 Å². The maximum absolute atomic E-state index is 9.09. The lowest BCUT2D eigenvalue weighted by molar-refractivity contribution is 0.791. The van der Waals surface area contributed by atoms with Crippen molar-refractivity contribution in [1.82, 2.24) is 0 Å². The number of halogens is 1. The fourth-order valence-electron chi connectivity index (χ4n) is 1.79. The Labute approximate surface area is 86.5 Å². The zero-order valence-electron chi connectivity index (χ0n) is 7.42. The molecule has 0 saturated heterocycles. The average molecular weight is 236 g/mol. The van der Waals surface area contributed by atoms with Gasteiger partial charge in [-0.2, -0.15) is 5.26 Å². The van der Waals surface area contributed by atoms with Gasteiger partial charge in [0.15, 0.2) is 0 Å². The Morgan fingerprint density at radius 1 is 1.46 bits per heavy atom. The standard InChI is InChI=1S/C11H10BrN/c1-8-6-11(8,7-13)9-2-4-10(12)5-3-9/h2-5,8H,6H2,1H3/t8-,11+/m0/s1. The van der Waals surface area contributed by atoms with E-state index in [0.717, 1.165) is 16.5 Å². The molecular formula is C11H10BrN. The van der Waals surface area contributed by atoms with E-state index in [4.69, 9.17) is 5.26 Å². The second-order valence-corrected chi connectivity index (χ2v) is 4.61. The highest BCUT2D eigenvalue weighted by atomic mass is 79.9. The zero-order chi connectivity index (χ0) is 9.47. The van der Waals surface area contributed by atoms with Crippen molar-refractivity contribution >= 4 is 15.9 Å².